The zero-order valence-electron chi connectivity index (χ0n) is 28.8. The molecule has 12 nitrogen and oxygen atoms in total. The first-order valence-corrected chi connectivity index (χ1v) is 17.2. The molecule has 2 aromatic rings. The Hall–Kier alpha value is -3.16. The summed E-state index contributed by atoms with van der Waals surface area (Å²) in [7, 11) is 0. The molecule has 2 fully saturated rings. The topological polar surface area (TPSA) is 186 Å². The van der Waals surface area contributed by atoms with Gasteiger partial charge in [0.15, 0.2) is 29.5 Å². The van der Waals surface area contributed by atoms with E-state index in [0.29, 0.717) is 60.6 Å². The number of aromatic nitrogens is 2. The van der Waals surface area contributed by atoms with Gasteiger partial charge in [-0.2, -0.15) is 0 Å². The molecule has 0 saturated heterocycles. The average Bonchev–Trinajstić information content (AvgIpc) is 3.46. The van der Waals surface area contributed by atoms with Crippen LogP contribution < -0.4 is 0 Å². The summed E-state index contributed by atoms with van der Waals surface area (Å²) < 4.78 is 23.1. The minimum atomic E-state index is -2.41. The molecule has 0 aliphatic heterocycles. The van der Waals surface area contributed by atoms with Gasteiger partial charge in [0.1, 0.15) is 17.4 Å². The van der Waals surface area contributed by atoms with Crippen molar-refractivity contribution in [1.29, 1.82) is 0 Å². The number of aliphatic hydroxyl groups is 4. The fourth-order valence-corrected chi connectivity index (χ4v) is 9.22. The third kappa shape index (κ3) is 4.74. The van der Waals surface area contributed by atoms with Crippen molar-refractivity contribution in [3.8, 4) is 0 Å². The molecular weight excluding hydrogens is 620 g/mol. The molecule has 2 bridgehead atoms. The smallest absolute Gasteiger partial charge is 0.344 e. The number of aryl methyl sites for hydroxylation is 4. The lowest BCUT2D eigenvalue weighted by Gasteiger charge is -2.48. The molecule has 6 rings (SSSR count). The van der Waals surface area contributed by atoms with Crippen molar-refractivity contribution in [2.45, 2.75) is 105 Å². The number of hydrogen-bond acceptors (Lipinski definition) is 12. The van der Waals surface area contributed by atoms with Gasteiger partial charge in [-0.3, -0.25) is 4.79 Å². The summed E-state index contributed by atoms with van der Waals surface area (Å²) in [5.74, 6) is -1.45. The van der Waals surface area contributed by atoms with Crippen LogP contribution in [0.2, 0.25) is 0 Å². The molecule has 4 N–H and O–H groups in total. The second-order valence-corrected chi connectivity index (χ2v) is 14.5. The minimum Gasteiger partial charge on any atom is -0.451 e. The van der Waals surface area contributed by atoms with Gasteiger partial charge in [-0.1, -0.05) is 70.9 Å². The van der Waals surface area contributed by atoms with Crippen molar-refractivity contribution < 1.29 is 48.5 Å². The van der Waals surface area contributed by atoms with Crippen LogP contribution in [0.3, 0.4) is 0 Å². The number of fused-ring (bicyclic) bond motifs is 3. The first kappa shape index (κ1) is 34.7. The Morgan fingerprint density at radius 2 is 1.69 bits per heavy atom. The molecule has 262 valence electrons. The Labute approximate surface area is 280 Å². The highest BCUT2D eigenvalue weighted by atomic mass is 16.6. The van der Waals surface area contributed by atoms with Crippen LogP contribution in [0.4, 0.5) is 0 Å². The summed E-state index contributed by atoms with van der Waals surface area (Å²) in [6.07, 6.45) is 0.626. The molecule has 1 spiro atoms. The van der Waals surface area contributed by atoms with E-state index >= 15 is 0 Å². The fourth-order valence-electron chi connectivity index (χ4n) is 9.22. The monoisotopic (exact) mass is 668 g/mol. The third-order valence-corrected chi connectivity index (χ3v) is 11.9. The zero-order valence-corrected chi connectivity index (χ0v) is 28.8. The molecule has 0 aromatic carbocycles. The molecule has 0 amide bonds. The summed E-state index contributed by atoms with van der Waals surface area (Å²) >= 11 is 0. The van der Waals surface area contributed by atoms with Gasteiger partial charge < -0.3 is 38.9 Å². The van der Waals surface area contributed by atoms with Crippen molar-refractivity contribution in [2.24, 2.45) is 34.5 Å². The third-order valence-electron chi connectivity index (χ3n) is 11.9. The van der Waals surface area contributed by atoms with Gasteiger partial charge >= 0.3 is 5.97 Å². The molecule has 9 atom stereocenters. The number of nitrogens with zero attached hydrogens (tertiary/aromatic N) is 2. The van der Waals surface area contributed by atoms with Gasteiger partial charge in [0.2, 0.25) is 0 Å². The Balaban J connectivity index is 1.48. The molecule has 2 saturated carbocycles. The van der Waals surface area contributed by atoms with E-state index in [4.69, 9.17) is 18.5 Å². The van der Waals surface area contributed by atoms with Crippen molar-refractivity contribution >= 4 is 11.8 Å². The zero-order chi connectivity index (χ0) is 34.9. The lowest BCUT2D eigenvalue weighted by Crippen LogP contribution is -2.66. The van der Waals surface area contributed by atoms with Crippen LogP contribution in [0, 0.1) is 34.5 Å². The van der Waals surface area contributed by atoms with E-state index in [1.165, 1.54) is 0 Å². The van der Waals surface area contributed by atoms with Crippen LogP contribution in [0.15, 0.2) is 32.3 Å². The largest absolute Gasteiger partial charge is 0.451 e. The number of esters is 1. The number of allylic oxidation sites excluding steroid dienone is 1. The Morgan fingerprint density at radius 1 is 1.04 bits per heavy atom. The average molecular weight is 669 g/mol. The van der Waals surface area contributed by atoms with Gasteiger partial charge in [0.05, 0.1) is 35.6 Å². The van der Waals surface area contributed by atoms with Gasteiger partial charge in [0, 0.05) is 18.8 Å². The van der Waals surface area contributed by atoms with Gasteiger partial charge in [-0.05, 0) is 53.6 Å². The van der Waals surface area contributed by atoms with Crippen molar-refractivity contribution in [2.75, 3.05) is 13.2 Å². The van der Waals surface area contributed by atoms with Crippen molar-refractivity contribution in [1.82, 2.24) is 10.3 Å². The molecule has 2 aromatic heterocycles. The van der Waals surface area contributed by atoms with E-state index in [1.54, 1.807) is 19.1 Å². The first-order valence-electron chi connectivity index (χ1n) is 17.2. The Morgan fingerprint density at radius 3 is 2.31 bits per heavy atom. The number of carbonyl (C=O) groups excluding carboxylic acids is 2. The SMILES string of the molecule is CCc1noc(CC)c1C(=O)O[C@H]1C(COC(O)c2c(CC)noc2CC)=C[C@]23C(=O)[C@@H](C=C(CO)[C@@H](O)[C@]12O)[C@H]1[C@@H](C[C@H]3C)C1(C)C. The normalized spacial score (nSPS) is 34.0. The van der Waals surface area contributed by atoms with Gasteiger partial charge in [-0.25, -0.2) is 4.79 Å². The Kier molecular flexibility index (Phi) is 8.90. The molecule has 0 radical (unpaired) electrons. The van der Waals surface area contributed by atoms with Crippen molar-refractivity contribution in [3.63, 3.8) is 0 Å². The number of ether oxygens (including phenoxy) is 2. The highest BCUT2D eigenvalue weighted by Crippen LogP contribution is 2.71. The highest BCUT2D eigenvalue weighted by Gasteiger charge is 2.76. The van der Waals surface area contributed by atoms with Crippen LogP contribution in [-0.2, 0) is 40.0 Å². The van der Waals surface area contributed by atoms with E-state index in [9.17, 15) is 30.0 Å². The molecule has 1 unspecified atom stereocenters. The maximum atomic E-state index is 15.0. The standard InChI is InChI=1S/C36H48N2O10/c1-8-22-26(24(10-3)47-37-22)32(42)45-16-19-14-35-17(5)12-21-28(34(21,6)7)20(30(35)41)13-18(15-39)29(40)36(35,44)31(19)46-33(43)27-23(9-2)38-48-25(27)11-4/h13-14,17,20-21,28-29,31-32,39-40,42,44H,8-12,15-16H2,1-7H3/t17-,20+,21-,28+,29-,31+,32?,35+,36+/m1/s1. The predicted molar refractivity (Wildman–Crippen MR) is 170 cm³/mol. The highest BCUT2D eigenvalue weighted by molar-refractivity contribution is 5.96. The van der Waals surface area contributed by atoms with E-state index in [0.717, 1.165) is 0 Å². The Bertz CT molecular complexity index is 1610. The predicted octanol–water partition coefficient (Wildman–Crippen LogP) is 3.59. The molecule has 2 heterocycles. The van der Waals surface area contributed by atoms with Gasteiger partial charge in [-0.15, -0.1) is 0 Å². The number of aliphatic hydroxyl groups excluding tert-OH is 3. The van der Waals surface area contributed by atoms with E-state index in [-0.39, 0.29) is 46.4 Å². The summed E-state index contributed by atoms with van der Waals surface area (Å²) in [6.45, 7) is 12.5. The lowest BCUT2D eigenvalue weighted by atomic mass is 9.59. The van der Waals surface area contributed by atoms with Gasteiger partial charge in [0.25, 0.3) is 0 Å². The first-order chi connectivity index (χ1) is 22.8. The molecule has 48 heavy (non-hydrogen) atoms. The molecular formula is C36H48N2O10. The van der Waals surface area contributed by atoms with Crippen LogP contribution >= 0.6 is 0 Å². The lowest BCUT2D eigenvalue weighted by molar-refractivity contribution is -0.192. The fraction of sp³-hybridized carbons (Fsp3) is 0.667. The summed E-state index contributed by atoms with van der Waals surface area (Å²) in [6, 6.07) is 0. The van der Waals surface area contributed by atoms with Crippen LogP contribution in [0.25, 0.3) is 0 Å². The number of hydrogen-bond donors (Lipinski definition) is 4. The maximum absolute atomic E-state index is 15.0. The molecule has 4 aliphatic carbocycles. The van der Waals surface area contributed by atoms with E-state index in [2.05, 4.69) is 24.2 Å². The van der Waals surface area contributed by atoms with E-state index < -0.39 is 53.9 Å². The van der Waals surface area contributed by atoms with Crippen LogP contribution in [-0.4, -0.2) is 73.5 Å². The maximum Gasteiger partial charge on any atom is 0.344 e. The van der Waals surface area contributed by atoms with E-state index in [1.807, 2.05) is 27.7 Å². The van der Waals surface area contributed by atoms with Crippen LogP contribution in [0.1, 0.15) is 100 Å². The number of Topliss-reactive ketones (excluding diaryl/α,β-unsaturated/α-hetero) is 1. The number of rotatable bonds is 11. The second-order valence-electron chi connectivity index (χ2n) is 14.5. The van der Waals surface area contributed by atoms with Crippen LogP contribution in [0.5, 0.6) is 0 Å². The second kappa shape index (κ2) is 12.3. The quantitative estimate of drug-likeness (QED) is 0.155. The summed E-state index contributed by atoms with van der Waals surface area (Å²) in [5, 5.41) is 55.0. The summed E-state index contributed by atoms with van der Waals surface area (Å²) in [5.41, 5.74) is -2.56. The van der Waals surface area contributed by atoms with Crippen molar-refractivity contribution in [3.05, 3.63) is 57.3 Å². The number of ketones is 1. The number of carbonyl (C=O) groups is 2. The minimum absolute atomic E-state index is 0.0517. The summed E-state index contributed by atoms with van der Waals surface area (Å²) in [4.78, 5) is 29.0. The molecule has 4 aliphatic rings. The molecule has 12 heteroatoms.